The number of benzene rings is 3. The van der Waals surface area contributed by atoms with Crippen LogP contribution in [0.15, 0.2) is 73.2 Å². The Labute approximate surface area is 238 Å². The van der Waals surface area contributed by atoms with Gasteiger partial charge in [0.1, 0.15) is 6.33 Å². The molecular formula is C31H34IN5O. The number of fused-ring (bicyclic) bond motifs is 2. The Morgan fingerprint density at radius 1 is 1.03 bits per heavy atom. The van der Waals surface area contributed by atoms with Crippen LogP contribution >= 0.6 is 22.9 Å². The van der Waals surface area contributed by atoms with Gasteiger partial charge in [-0.2, -0.15) is 0 Å². The number of carbonyl (C=O) groups excluding carboxylic acids is 1. The van der Waals surface area contributed by atoms with Crippen LogP contribution in [0.5, 0.6) is 0 Å². The Kier molecular flexibility index (Phi) is 7.28. The molecule has 1 saturated carbocycles. The van der Waals surface area contributed by atoms with E-state index in [4.69, 9.17) is 0 Å². The highest BCUT2D eigenvalue weighted by atomic mass is 127. The molecule has 0 saturated heterocycles. The third-order valence-corrected chi connectivity index (χ3v) is 8.65. The van der Waals surface area contributed by atoms with Crippen molar-refractivity contribution in [1.82, 2.24) is 12.7 Å². The van der Waals surface area contributed by atoms with Crippen molar-refractivity contribution in [3.63, 3.8) is 0 Å². The molecule has 1 aromatic heterocycles. The molecule has 6 nitrogen and oxygen atoms in total. The second kappa shape index (κ2) is 11.0. The van der Waals surface area contributed by atoms with E-state index in [1.807, 2.05) is 44.3 Å². The van der Waals surface area contributed by atoms with E-state index in [0.717, 1.165) is 28.6 Å². The number of halogens is 1. The lowest BCUT2D eigenvalue weighted by molar-refractivity contribution is 0.0753. The lowest BCUT2D eigenvalue weighted by Crippen LogP contribution is -2.36. The zero-order chi connectivity index (χ0) is 26.1. The van der Waals surface area contributed by atoms with Gasteiger partial charge >= 0.3 is 0 Å². The first-order chi connectivity index (χ1) is 18.6. The minimum Gasteiger partial charge on any atom is -0.382 e. The predicted molar refractivity (Wildman–Crippen MR) is 163 cm³/mol. The summed E-state index contributed by atoms with van der Waals surface area (Å²) in [4.78, 5) is 23.0. The molecule has 2 aliphatic rings. The highest BCUT2D eigenvalue weighted by molar-refractivity contribution is 14.1. The molecule has 7 heteroatoms. The molecule has 0 radical (unpaired) electrons. The molecule has 0 bridgehead atoms. The molecule has 1 amide bonds. The highest BCUT2D eigenvalue weighted by Crippen LogP contribution is 2.36. The molecule has 196 valence electrons. The summed E-state index contributed by atoms with van der Waals surface area (Å²) in [6.07, 6.45) is 10.3. The van der Waals surface area contributed by atoms with Gasteiger partial charge in [0.2, 0.25) is 0 Å². The molecule has 1 aliphatic carbocycles. The predicted octanol–water partition coefficient (Wildman–Crippen LogP) is 7.20. The van der Waals surface area contributed by atoms with Gasteiger partial charge in [0.15, 0.2) is 0 Å². The van der Waals surface area contributed by atoms with Gasteiger partial charge < -0.3 is 15.1 Å². The zero-order valence-electron chi connectivity index (χ0n) is 21.8. The van der Waals surface area contributed by atoms with Gasteiger partial charge in [-0.25, -0.2) is 4.98 Å². The third-order valence-electron chi connectivity index (χ3n) is 8.12. The smallest absolute Gasteiger partial charge is 0.254 e. The van der Waals surface area contributed by atoms with E-state index in [1.54, 1.807) is 0 Å². The van der Waals surface area contributed by atoms with Crippen molar-refractivity contribution in [2.45, 2.75) is 57.7 Å². The van der Waals surface area contributed by atoms with Gasteiger partial charge in [0.25, 0.3) is 5.91 Å². The maximum Gasteiger partial charge on any atom is 0.254 e. The Bertz CT molecular complexity index is 1440. The quantitative estimate of drug-likeness (QED) is 0.240. The average Bonchev–Trinajstić information content (AvgIpc) is 3.30. The van der Waals surface area contributed by atoms with E-state index in [9.17, 15) is 4.79 Å². The second-order valence-electron chi connectivity index (χ2n) is 10.6. The number of aromatic nitrogens is 2. The SMILES string of the molecule is CC(c1cn(I)cn1)N1CCN(C(=O)c2cccc3ccccc23)Cc2ccc(NC3CCCCC3)cc21. The van der Waals surface area contributed by atoms with Crippen molar-refractivity contribution in [2.75, 3.05) is 23.3 Å². The molecular weight excluding hydrogens is 585 g/mol. The standard InChI is InChI=1S/C31H34IN5O/c1-22(29-20-36(32)21-33-29)37-17-16-35(31(38)28-13-7-9-23-8-5-6-12-27(23)28)19-24-14-15-26(18-30(24)37)34-25-10-3-2-4-11-25/h5-9,12-15,18,20-22,25,34H,2-4,10-11,16-17,19H2,1H3. The Balaban J connectivity index is 1.34. The number of hydrogen-bond donors (Lipinski definition) is 1. The molecule has 1 fully saturated rings. The third kappa shape index (κ3) is 5.13. The summed E-state index contributed by atoms with van der Waals surface area (Å²) < 4.78 is 1.97. The van der Waals surface area contributed by atoms with Crippen LogP contribution in [0.3, 0.4) is 0 Å². The number of rotatable bonds is 5. The van der Waals surface area contributed by atoms with Crippen molar-refractivity contribution >= 4 is 50.9 Å². The lowest BCUT2D eigenvalue weighted by Gasteiger charge is -2.31. The highest BCUT2D eigenvalue weighted by Gasteiger charge is 2.29. The maximum absolute atomic E-state index is 13.9. The molecule has 1 atom stereocenters. The van der Waals surface area contributed by atoms with Crippen LogP contribution in [0.1, 0.15) is 66.7 Å². The summed E-state index contributed by atoms with van der Waals surface area (Å²) in [7, 11) is 0. The largest absolute Gasteiger partial charge is 0.382 e. The molecule has 1 aliphatic heterocycles. The van der Waals surface area contributed by atoms with E-state index < -0.39 is 0 Å². The van der Waals surface area contributed by atoms with Crippen LogP contribution in [0.2, 0.25) is 0 Å². The van der Waals surface area contributed by atoms with E-state index in [2.05, 4.69) is 81.5 Å². The molecule has 2 heterocycles. The Hall–Kier alpha value is -3.07. The van der Waals surface area contributed by atoms with Crippen LogP contribution in [0.4, 0.5) is 11.4 Å². The second-order valence-corrected chi connectivity index (χ2v) is 11.7. The Morgan fingerprint density at radius 2 is 1.84 bits per heavy atom. The Morgan fingerprint density at radius 3 is 2.66 bits per heavy atom. The minimum atomic E-state index is 0.0855. The first kappa shape index (κ1) is 25.2. The number of anilines is 2. The van der Waals surface area contributed by atoms with Crippen LogP contribution in [-0.4, -0.2) is 37.7 Å². The maximum atomic E-state index is 13.9. The van der Waals surface area contributed by atoms with Crippen molar-refractivity contribution < 1.29 is 4.79 Å². The van der Waals surface area contributed by atoms with Crippen LogP contribution < -0.4 is 10.2 Å². The number of nitrogens with zero attached hydrogens (tertiary/aromatic N) is 4. The van der Waals surface area contributed by atoms with Crippen molar-refractivity contribution in [3.8, 4) is 0 Å². The van der Waals surface area contributed by atoms with Gasteiger partial charge in [-0.05, 0) is 54.3 Å². The van der Waals surface area contributed by atoms with Gasteiger partial charge in [-0.3, -0.25) is 7.58 Å². The summed E-state index contributed by atoms with van der Waals surface area (Å²) in [5, 5.41) is 5.91. The first-order valence-corrected chi connectivity index (χ1v) is 14.7. The normalized spacial score (nSPS) is 17.2. The molecule has 38 heavy (non-hydrogen) atoms. The van der Waals surface area contributed by atoms with E-state index in [-0.39, 0.29) is 11.9 Å². The fourth-order valence-electron chi connectivity index (χ4n) is 6.02. The van der Waals surface area contributed by atoms with Gasteiger partial charge in [0.05, 0.1) is 34.6 Å². The monoisotopic (exact) mass is 619 g/mol. The summed E-state index contributed by atoms with van der Waals surface area (Å²) in [5.41, 5.74) is 5.33. The van der Waals surface area contributed by atoms with E-state index in [1.165, 1.54) is 49.0 Å². The number of nitrogens with one attached hydrogen (secondary N) is 1. The lowest BCUT2D eigenvalue weighted by atomic mass is 9.95. The van der Waals surface area contributed by atoms with Crippen molar-refractivity contribution in [1.29, 1.82) is 0 Å². The summed E-state index contributed by atoms with van der Waals surface area (Å²) in [6, 6.07) is 21.5. The van der Waals surface area contributed by atoms with Crippen LogP contribution in [0.25, 0.3) is 10.8 Å². The molecule has 0 spiro atoms. The first-order valence-electron chi connectivity index (χ1n) is 13.7. The number of amides is 1. The van der Waals surface area contributed by atoms with Gasteiger partial charge in [0, 0.05) is 48.8 Å². The van der Waals surface area contributed by atoms with E-state index in [0.29, 0.717) is 19.1 Å². The fraction of sp³-hybridized carbons (Fsp3) is 0.355. The van der Waals surface area contributed by atoms with Crippen LogP contribution in [-0.2, 0) is 6.54 Å². The summed E-state index contributed by atoms with van der Waals surface area (Å²) >= 11 is 2.25. The molecule has 4 aromatic rings. The van der Waals surface area contributed by atoms with Crippen molar-refractivity contribution in [2.24, 2.45) is 0 Å². The van der Waals surface area contributed by atoms with Gasteiger partial charge in [-0.15, -0.1) is 0 Å². The molecule has 1 N–H and O–H groups in total. The van der Waals surface area contributed by atoms with Crippen molar-refractivity contribution in [3.05, 3.63) is 90.0 Å². The topological polar surface area (TPSA) is 53.4 Å². The number of imidazole rings is 1. The van der Waals surface area contributed by atoms with E-state index >= 15 is 0 Å². The zero-order valence-corrected chi connectivity index (χ0v) is 24.0. The van der Waals surface area contributed by atoms with Crippen LogP contribution in [0, 0.1) is 0 Å². The fourth-order valence-corrected chi connectivity index (χ4v) is 6.43. The molecule has 1 unspecified atom stereocenters. The molecule has 3 aromatic carbocycles. The molecule has 6 rings (SSSR count). The summed E-state index contributed by atoms with van der Waals surface area (Å²) in [5.74, 6) is 0.0863. The minimum absolute atomic E-state index is 0.0855. The summed E-state index contributed by atoms with van der Waals surface area (Å²) in [6.45, 7) is 4.19. The van der Waals surface area contributed by atoms with Gasteiger partial charge in [-0.1, -0.05) is 61.7 Å². The number of carbonyl (C=O) groups is 1. The average molecular weight is 620 g/mol. The number of hydrogen-bond acceptors (Lipinski definition) is 4.